The second kappa shape index (κ2) is 6.70. The highest BCUT2D eigenvalue weighted by Crippen LogP contribution is 2.41. The highest BCUT2D eigenvalue weighted by molar-refractivity contribution is 6.31. The fourth-order valence-corrected chi connectivity index (χ4v) is 3.78. The van der Waals surface area contributed by atoms with Crippen LogP contribution >= 0.6 is 11.6 Å². The van der Waals surface area contributed by atoms with Gasteiger partial charge in [-0.2, -0.15) is 0 Å². The van der Waals surface area contributed by atoms with Crippen molar-refractivity contribution in [3.63, 3.8) is 0 Å². The van der Waals surface area contributed by atoms with E-state index in [0.717, 1.165) is 55.0 Å². The van der Waals surface area contributed by atoms with Crippen molar-refractivity contribution in [3.8, 4) is 0 Å². The number of amidine groups is 1. The first kappa shape index (κ1) is 16.4. The van der Waals surface area contributed by atoms with Crippen molar-refractivity contribution in [3.05, 3.63) is 53.1 Å². The molecular weight excluding hydrogens is 332 g/mol. The molecule has 0 amide bonds. The van der Waals surface area contributed by atoms with Gasteiger partial charge >= 0.3 is 0 Å². The lowest BCUT2D eigenvalue weighted by molar-refractivity contribution is 0.216. The number of benzene rings is 2. The molecule has 0 radical (unpaired) electrons. The largest absolute Gasteiger partial charge is 0.353 e. The molecule has 1 saturated heterocycles. The summed E-state index contributed by atoms with van der Waals surface area (Å²) < 4.78 is 0. The molecule has 2 aromatic rings. The summed E-state index contributed by atoms with van der Waals surface area (Å²) in [6.07, 6.45) is 0. The van der Waals surface area contributed by atoms with Crippen LogP contribution in [0.4, 0.5) is 17.1 Å². The standard InChI is InChI=1S/C20H23ClN4/c1-3-25-18-7-5-4-6-16(18)20(24-12-10-23(2)11-13-24)22-17-14-15(21)8-9-19(17)25/h4-9,14H,3,10-13H2,1-2H3. The normalized spacial score (nSPS) is 17.6. The molecule has 5 heteroatoms. The van der Waals surface area contributed by atoms with Crippen LogP contribution in [-0.2, 0) is 0 Å². The first-order chi connectivity index (χ1) is 12.2. The Labute approximate surface area is 154 Å². The van der Waals surface area contributed by atoms with E-state index in [-0.39, 0.29) is 0 Å². The molecule has 0 spiro atoms. The maximum atomic E-state index is 6.28. The smallest absolute Gasteiger partial charge is 0.138 e. The number of anilines is 2. The average Bonchev–Trinajstić information content (AvgIpc) is 2.76. The number of rotatable bonds is 1. The summed E-state index contributed by atoms with van der Waals surface area (Å²) in [5, 5.41) is 0.724. The van der Waals surface area contributed by atoms with Crippen LogP contribution in [0.5, 0.6) is 0 Å². The van der Waals surface area contributed by atoms with Crippen molar-refractivity contribution in [2.45, 2.75) is 6.92 Å². The third-order valence-electron chi connectivity index (χ3n) is 5.01. The number of aliphatic imine (C=N–C) groups is 1. The monoisotopic (exact) mass is 354 g/mol. The van der Waals surface area contributed by atoms with Gasteiger partial charge in [-0.15, -0.1) is 0 Å². The van der Waals surface area contributed by atoms with Crippen molar-refractivity contribution in [2.24, 2.45) is 4.99 Å². The minimum Gasteiger partial charge on any atom is -0.353 e. The van der Waals surface area contributed by atoms with E-state index in [2.05, 4.69) is 59.0 Å². The van der Waals surface area contributed by atoms with Gasteiger partial charge in [0, 0.05) is 43.3 Å². The number of hydrogen-bond acceptors (Lipinski definition) is 4. The predicted octanol–water partition coefficient (Wildman–Crippen LogP) is 4.14. The van der Waals surface area contributed by atoms with Crippen LogP contribution in [0.25, 0.3) is 0 Å². The molecule has 4 rings (SSSR count). The van der Waals surface area contributed by atoms with E-state index in [1.165, 1.54) is 11.3 Å². The van der Waals surface area contributed by atoms with Crippen LogP contribution in [-0.4, -0.2) is 55.4 Å². The molecule has 0 atom stereocenters. The third kappa shape index (κ3) is 3.00. The molecule has 0 aromatic heterocycles. The van der Waals surface area contributed by atoms with Gasteiger partial charge in [-0.3, -0.25) is 0 Å². The minimum atomic E-state index is 0.724. The first-order valence-electron chi connectivity index (χ1n) is 8.86. The Kier molecular flexibility index (Phi) is 4.40. The van der Waals surface area contributed by atoms with Gasteiger partial charge in [-0.05, 0) is 44.3 Å². The van der Waals surface area contributed by atoms with E-state index in [4.69, 9.17) is 16.6 Å². The fourth-order valence-electron chi connectivity index (χ4n) is 3.62. The summed E-state index contributed by atoms with van der Waals surface area (Å²) in [5.74, 6) is 1.06. The number of fused-ring (bicyclic) bond motifs is 2. The molecule has 0 unspecified atom stereocenters. The fraction of sp³-hybridized carbons (Fsp3) is 0.350. The Bertz CT molecular complexity index is 809. The van der Waals surface area contributed by atoms with Gasteiger partial charge in [-0.1, -0.05) is 23.7 Å². The second-order valence-electron chi connectivity index (χ2n) is 6.62. The van der Waals surface area contributed by atoms with E-state index < -0.39 is 0 Å². The highest BCUT2D eigenvalue weighted by Gasteiger charge is 2.26. The van der Waals surface area contributed by atoms with E-state index in [1.807, 2.05) is 12.1 Å². The van der Waals surface area contributed by atoms with Crippen LogP contribution in [0.1, 0.15) is 12.5 Å². The van der Waals surface area contributed by atoms with Gasteiger partial charge in [0.2, 0.25) is 0 Å². The molecule has 0 N–H and O–H groups in total. The summed E-state index contributed by atoms with van der Waals surface area (Å²) in [5.41, 5.74) is 4.47. The molecule has 130 valence electrons. The Hall–Kier alpha value is -2.04. The molecular formula is C20H23ClN4. The number of halogens is 1. The second-order valence-corrected chi connectivity index (χ2v) is 7.06. The number of nitrogens with zero attached hydrogens (tertiary/aromatic N) is 4. The number of piperazine rings is 1. The predicted molar refractivity (Wildman–Crippen MR) is 106 cm³/mol. The van der Waals surface area contributed by atoms with Gasteiger partial charge in [0.25, 0.3) is 0 Å². The van der Waals surface area contributed by atoms with E-state index in [9.17, 15) is 0 Å². The zero-order valence-electron chi connectivity index (χ0n) is 14.7. The SMILES string of the molecule is CCN1c2ccc(Cl)cc2N=C(N2CCN(C)CC2)c2ccccc21. The van der Waals surface area contributed by atoms with Crippen molar-refractivity contribution in [1.29, 1.82) is 0 Å². The topological polar surface area (TPSA) is 22.1 Å². The van der Waals surface area contributed by atoms with Crippen LogP contribution in [0.3, 0.4) is 0 Å². The van der Waals surface area contributed by atoms with Crippen molar-refractivity contribution >= 4 is 34.5 Å². The summed E-state index contributed by atoms with van der Waals surface area (Å²) in [4.78, 5) is 12.2. The molecule has 0 saturated carbocycles. The Morgan fingerprint density at radius 1 is 1.00 bits per heavy atom. The van der Waals surface area contributed by atoms with E-state index in [1.54, 1.807) is 0 Å². The molecule has 0 bridgehead atoms. The van der Waals surface area contributed by atoms with Crippen LogP contribution in [0, 0.1) is 0 Å². The molecule has 25 heavy (non-hydrogen) atoms. The van der Waals surface area contributed by atoms with Crippen LogP contribution < -0.4 is 4.90 Å². The quantitative estimate of drug-likeness (QED) is 0.768. The highest BCUT2D eigenvalue weighted by atomic mass is 35.5. The van der Waals surface area contributed by atoms with Gasteiger partial charge in [0.1, 0.15) is 5.84 Å². The van der Waals surface area contributed by atoms with Crippen LogP contribution in [0.2, 0.25) is 5.02 Å². The lowest BCUT2D eigenvalue weighted by Crippen LogP contribution is -2.47. The summed E-state index contributed by atoms with van der Waals surface area (Å²) in [6, 6.07) is 14.6. The lowest BCUT2D eigenvalue weighted by atomic mass is 10.1. The molecule has 2 heterocycles. The maximum Gasteiger partial charge on any atom is 0.138 e. The van der Waals surface area contributed by atoms with Crippen molar-refractivity contribution in [1.82, 2.24) is 9.80 Å². The van der Waals surface area contributed by atoms with Crippen molar-refractivity contribution in [2.75, 3.05) is 44.7 Å². The molecule has 1 fully saturated rings. The molecule has 0 aliphatic carbocycles. The van der Waals surface area contributed by atoms with Gasteiger partial charge in [0.05, 0.1) is 17.1 Å². The van der Waals surface area contributed by atoms with Crippen LogP contribution in [0.15, 0.2) is 47.5 Å². The number of likely N-dealkylation sites (N-methyl/N-ethyl adjacent to an activating group) is 1. The van der Waals surface area contributed by atoms with Gasteiger partial charge in [-0.25, -0.2) is 4.99 Å². The lowest BCUT2D eigenvalue weighted by Gasteiger charge is -2.35. The minimum absolute atomic E-state index is 0.724. The van der Waals surface area contributed by atoms with Gasteiger partial charge in [0.15, 0.2) is 0 Å². The van der Waals surface area contributed by atoms with Crippen molar-refractivity contribution < 1.29 is 0 Å². The van der Waals surface area contributed by atoms with E-state index in [0.29, 0.717) is 0 Å². The maximum absolute atomic E-state index is 6.28. The Morgan fingerprint density at radius 2 is 1.76 bits per heavy atom. The number of para-hydroxylation sites is 1. The zero-order valence-corrected chi connectivity index (χ0v) is 15.5. The summed E-state index contributed by atoms with van der Waals surface area (Å²) >= 11 is 6.28. The van der Waals surface area contributed by atoms with Gasteiger partial charge < -0.3 is 14.7 Å². The molecule has 2 aliphatic heterocycles. The number of hydrogen-bond donors (Lipinski definition) is 0. The average molecular weight is 355 g/mol. The first-order valence-corrected chi connectivity index (χ1v) is 9.24. The summed E-state index contributed by atoms with van der Waals surface area (Å²) in [7, 11) is 2.17. The Balaban J connectivity index is 1.89. The van der Waals surface area contributed by atoms with E-state index >= 15 is 0 Å². The third-order valence-corrected chi connectivity index (χ3v) is 5.24. The molecule has 2 aromatic carbocycles. The Morgan fingerprint density at radius 3 is 2.52 bits per heavy atom. The summed E-state index contributed by atoms with van der Waals surface area (Å²) in [6.45, 7) is 7.16. The molecule has 2 aliphatic rings. The zero-order chi connectivity index (χ0) is 17.4. The molecule has 4 nitrogen and oxygen atoms in total.